The third-order valence-electron chi connectivity index (χ3n) is 3.08. The Hall–Kier alpha value is -1.22. The summed E-state index contributed by atoms with van der Waals surface area (Å²) in [5.41, 5.74) is 1.27. The normalized spacial score (nSPS) is 22.3. The Morgan fingerprint density at radius 1 is 1.29 bits per heavy atom. The van der Waals surface area contributed by atoms with Gasteiger partial charge in [-0.05, 0) is 44.4 Å². The number of ether oxygens (including phenoxy) is 3. The number of methoxy groups -OCH3 is 1. The summed E-state index contributed by atoms with van der Waals surface area (Å²) in [6, 6.07) is 6.13. The van der Waals surface area contributed by atoms with Crippen molar-refractivity contribution >= 4 is 0 Å². The molecule has 2 rings (SSSR count). The molecule has 0 aromatic heterocycles. The molecule has 1 aromatic carbocycles. The van der Waals surface area contributed by atoms with Gasteiger partial charge in [-0.25, -0.2) is 0 Å². The molecule has 2 unspecified atom stereocenters. The highest BCUT2D eigenvalue weighted by Gasteiger charge is 2.33. The van der Waals surface area contributed by atoms with Gasteiger partial charge in [-0.1, -0.05) is 6.07 Å². The molecule has 0 aliphatic carbocycles. The summed E-state index contributed by atoms with van der Waals surface area (Å²) in [7, 11) is 1.67. The highest BCUT2D eigenvalue weighted by molar-refractivity contribution is 5.43. The second-order valence-corrected chi connectivity index (χ2v) is 4.34. The third-order valence-corrected chi connectivity index (χ3v) is 3.08. The Kier molecular flexibility index (Phi) is 3.89. The van der Waals surface area contributed by atoms with Gasteiger partial charge in [-0.3, -0.25) is 0 Å². The second-order valence-electron chi connectivity index (χ2n) is 4.34. The van der Waals surface area contributed by atoms with Crippen LogP contribution in [0, 0.1) is 0 Å². The molecule has 0 bridgehead atoms. The van der Waals surface area contributed by atoms with E-state index in [0.717, 1.165) is 24.3 Å². The predicted octanol–water partition coefficient (Wildman–Crippen LogP) is 2.81. The van der Waals surface area contributed by atoms with Gasteiger partial charge in [-0.2, -0.15) is 0 Å². The Morgan fingerprint density at radius 2 is 2.06 bits per heavy atom. The van der Waals surface area contributed by atoms with E-state index in [1.54, 1.807) is 7.11 Å². The van der Waals surface area contributed by atoms with Gasteiger partial charge in [0.05, 0.1) is 25.9 Å². The van der Waals surface area contributed by atoms with Gasteiger partial charge in [0.2, 0.25) is 0 Å². The van der Waals surface area contributed by atoms with Crippen molar-refractivity contribution in [2.45, 2.75) is 38.9 Å². The number of rotatable bonds is 6. The van der Waals surface area contributed by atoms with Crippen LogP contribution in [0.1, 0.15) is 25.8 Å². The van der Waals surface area contributed by atoms with E-state index in [0.29, 0.717) is 18.8 Å². The molecule has 1 heterocycles. The van der Waals surface area contributed by atoms with Crippen LogP contribution in [0.25, 0.3) is 0 Å². The summed E-state index contributed by atoms with van der Waals surface area (Å²) in [4.78, 5) is 0. The average Bonchev–Trinajstić information content (AvgIpc) is 3.04. The zero-order valence-electron chi connectivity index (χ0n) is 10.7. The van der Waals surface area contributed by atoms with E-state index >= 15 is 0 Å². The number of aryl methyl sites for hydroxylation is 1. The van der Waals surface area contributed by atoms with Crippen molar-refractivity contribution in [1.29, 1.82) is 0 Å². The molecule has 2 atom stereocenters. The second kappa shape index (κ2) is 5.41. The maximum absolute atomic E-state index is 5.49. The van der Waals surface area contributed by atoms with Crippen LogP contribution in [0.5, 0.6) is 11.5 Å². The fourth-order valence-electron chi connectivity index (χ4n) is 1.98. The minimum absolute atomic E-state index is 0.444. The molecule has 1 aromatic rings. The largest absolute Gasteiger partial charge is 0.493 e. The van der Waals surface area contributed by atoms with Crippen LogP contribution in [-0.2, 0) is 11.2 Å². The smallest absolute Gasteiger partial charge is 0.161 e. The van der Waals surface area contributed by atoms with Crippen LogP contribution in [0.15, 0.2) is 18.2 Å². The van der Waals surface area contributed by atoms with Crippen LogP contribution in [0.4, 0.5) is 0 Å². The highest BCUT2D eigenvalue weighted by atomic mass is 16.6. The van der Waals surface area contributed by atoms with Gasteiger partial charge >= 0.3 is 0 Å². The Bertz CT molecular complexity index is 376. The van der Waals surface area contributed by atoms with Gasteiger partial charge in [-0.15, -0.1) is 0 Å². The predicted molar refractivity (Wildman–Crippen MR) is 66.8 cm³/mol. The lowest BCUT2D eigenvalue weighted by molar-refractivity contribution is 0.310. The standard InChI is InChI=1S/C14H20O3/c1-4-16-13-8-6-11(9-14(13)15-3)5-7-12-10(2)17-12/h6,8-10,12H,4-5,7H2,1-3H3. The fraction of sp³-hybridized carbons (Fsp3) is 0.571. The molecule has 3 heteroatoms. The number of hydrogen-bond acceptors (Lipinski definition) is 3. The van der Waals surface area contributed by atoms with Crippen LogP contribution in [0.2, 0.25) is 0 Å². The zero-order chi connectivity index (χ0) is 12.3. The van der Waals surface area contributed by atoms with Crippen LogP contribution in [-0.4, -0.2) is 25.9 Å². The van der Waals surface area contributed by atoms with Crippen molar-refractivity contribution < 1.29 is 14.2 Å². The topological polar surface area (TPSA) is 31.0 Å². The molecule has 1 saturated heterocycles. The minimum Gasteiger partial charge on any atom is -0.493 e. The van der Waals surface area contributed by atoms with Crippen molar-refractivity contribution in [3.8, 4) is 11.5 Å². The minimum atomic E-state index is 0.444. The molecule has 0 spiro atoms. The fourth-order valence-corrected chi connectivity index (χ4v) is 1.98. The van der Waals surface area contributed by atoms with E-state index in [4.69, 9.17) is 14.2 Å². The molecular weight excluding hydrogens is 216 g/mol. The van der Waals surface area contributed by atoms with Crippen molar-refractivity contribution in [1.82, 2.24) is 0 Å². The zero-order valence-corrected chi connectivity index (χ0v) is 10.7. The van der Waals surface area contributed by atoms with E-state index in [1.165, 1.54) is 5.56 Å². The quantitative estimate of drug-likeness (QED) is 0.712. The van der Waals surface area contributed by atoms with E-state index < -0.39 is 0 Å². The van der Waals surface area contributed by atoms with Crippen molar-refractivity contribution in [3.63, 3.8) is 0 Å². The molecule has 0 radical (unpaired) electrons. The van der Waals surface area contributed by atoms with E-state index in [2.05, 4.69) is 19.1 Å². The van der Waals surface area contributed by atoms with E-state index in [-0.39, 0.29) is 0 Å². The van der Waals surface area contributed by atoms with Crippen molar-refractivity contribution in [3.05, 3.63) is 23.8 Å². The van der Waals surface area contributed by atoms with Crippen LogP contribution < -0.4 is 9.47 Å². The Morgan fingerprint density at radius 3 is 2.65 bits per heavy atom. The van der Waals surface area contributed by atoms with Crippen molar-refractivity contribution in [2.75, 3.05) is 13.7 Å². The summed E-state index contributed by atoms with van der Waals surface area (Å²) < 4.78 is 16.2. The molecule has 1 aliphatic rings. The lowest BCUT2D eigenvalue weighted by Gasteiger charge is -2.10. The monoisotopic (exact) mass is 236 g/mol. The molecular formula is C14H20O3. The molecule has 3 nitrogen and oxygen atoms in total. The Labute approximate surface area is 103 Å². The maximum Gasteiger partial charge on any atom is 0.161 e. The maximum atomic E-state index is 5.49. The molecule has 17 heavy (non-hydrogen) atoms. The van der Waals surface area contributed by atoms with Crippen molar-refractivity contribution in [2.24, 2.45) is 0 Å². The molecule has 1 fully saturated rings. The van der Waals surface area contributed by atoms with E-state index in [1.807, 2.05) is 13.0 Å². The lowest BCUT2D eigenvalue weighted by Crippen LogP contribution is -1.98. The molecule has 94 valence electrons. The number of hydrogen-bond donors (Lipinski definition) is 0. The molecule has 0 saturated carbocycles. The number of benzene rings is 1. The van der Waals surface area contributed by atoms with Crippen LogP contribution >= 0.6 is 0 Å². The Balaban J connectivity index is 1.97. The molecule has 1 aliphatic heterocycles. The number of epoxide rings is 1. The molecule has 0 N–H and O–H groups in total. The highest BCUT2D eigenvalue weighted by Crippen LogP contribution is 2.30. The van der Waals surface area contributed by atoms with Gasteiger partial charge in [0.1, 0.15) is 0 Å². The lowest BCUT2D eigenvalue weighted by atomic mass is 10.1. The van der Waals surface area contributed by atoms with Crippen LogP contribution in [0.3, 0.4) is 0 Å². The third kappa shape index (κ3) is 3.13. The first-order chi connectivity index (χ1) is 8.24. The summed E-state index contributed by atoms with van der Waals surface area (Å²) in [5, 5.41) is 0. The first-order valence-electron chi connectivity index (χ1n) is 6.19. The average molecular weight is 236 g/mol. The summed E-state index contributed by atoms with van der Waals surface area (Å²) in [6.07, 6.45) is 3.00. The van der Waals surface area contributed by atoms with Gasteiger partial charge in [0.25, 0.3) is 0 Å². The first-order valence-corrected chi connectivity index (χ1v) is 6.19. The van der Waals surface area contributed by atoms with Gasteiger partial charge in [0, 0.05) is 0 Å². The molecule has 0 amide bonds. The van der Waals surface area contributed by atoms with Gasteiger partial charge in [0.15, 0.2) is 11.5 Å². The van der Waals surface area contributed by atoms with E-state index in [9.17, 15) is 0 Å². The SMILES string of the molecule is CCOc1ccc(CCC2OC2C)cc1OC. The first kappa shape index (κ1) is 12.2. The summed E-state index contributed by atoms with van der Waals surface area (Å²) in [5.74, 6) is 1.63. The summed E-state index contributed by atoms with van der Waals surface area (Å²) >= 11 is 0. The summed E-state index contributed by atoms with van der Waals surface area (Å²) in [6.45, 7) is 4.74. The van der Waals surface area contributed by atoms with Gasteiger partial charge < -0.3 is 14.2 Å².